The van der Waals surface area contributed by atoms with Crippen molar-refractivity contribution in [2.45, 2.75) is 33.6 Å². The van der Waals surface area contributed by atoms with Crippen LogP contribution in [0.2, 0.25) is 0 Å². The highest BCUT2D eigenvalue weighted by atomic mass is 16.5. The Hall–Kier alpha value is -1.71. The van der Waals surface area contributed by atoms with E-state index in [1.165, 1.54) is 0 Å². The lowest BCUT2D eigenvalue weighted by Crippen LogP contribution is -2.09. The van der Waals surface area contributed by atoms with Crippen LogP contribution >= 0.6 is 0 Å². The van der Waals surface area contributed by atoms with Gasteiger partial charge < -0.3 is 14.6 Å². The first kappa shape index (κ1) is 15.7. The van der Waals surface area contributed by atoms with Gasteiger partial charge >= 0.3 is 5.97 Å². The van der Waals surface area contributed by atoms with Crippen LogP contribution in [0.5, 0.6) is 11.5 Å². The molecule has 4 nitrogen and oxygen atoms in total. The summed E-state index contributed by atoms with van der Waals surface area (Å²) in [5.41, 5.74) is 1.10. The molecule has 0 bridgehead atoms. The van der Waals surface area contributed by atoms with E-state index in [2.05, 4.69) is 6.92 Å². The van der Waals surface area contributed by atoms with E-state index in [1.54, 1.807) is 0 Å². The van der Waals surface area contributed by atoms with Gasteiger partial charge in [-0.2, -0.15) is 0 Å². The molecular weight excluding hydrogens is 268 g/mol. The van der Waals surface area contributed by atoms with Crippen LogP contribution in [0.3, 0.4) is 0 Å². The number of rotatable bonds is 8. The summed E-state index contributed by atoms with van der Waals surface area (Å²) in [6, 6.07) is 5.88. The van der Waals surface area contributed by atoms with E-state index in [1.807, 2.05) is 32.0 Å². The molecule has 0 amide bonds. The molecule has 4 heteroatoms. The lowest BCUT2D eigenvalue weighted by Gasteiger charge is -2.16. The molecule has 0 aromatic heterocycles. The van der Waals surface area contributed by atoms with E-state index in [0.717, 1.165) is 29.9 Å². The van der Waals surface area contributed by atoms with Crippen LogP contribution in [0, 0.1) is 17.8 Å². The highest BCUT2D eigenvalue weighted by Crippen LogP contribution is 2.46. The Morgan fingerprint density at radius 2 is 2.05 bits per heavy atom. The van der Waals surface area contributed by atoms with Gasteiger partial charge in [-0.25, -0.2) is 0 Å². The van der Waals surface area contributed by atoms with Crippen LogP contribution in [0.25, 0.3) is 0 Å². The molecule has 1 fully saturated rings. The van der Waals surface area contributed by atoms with Crippen molar-refractivity contribution in [2.75, 3.05) is 13.2 Å². The van der Waals surface area contributed by atoms with Crippen LogP contribution in [0.15, 0.2) is 18.2 Å². The van der Waals surface area contributed by atoms with Gasteiger partial charge in [0.1, 0.15) is 11.5 Å². The van der Waals surface area contributed by atoms with Gasteiger partial charge in [-0.05, 0) is 62.3 Å². The molecule has 3 unspecified atom stereocenters. The molecule has 21 heavy (non-hydrogen) atoms. The standard InChI is InChI=1S/C17H24O4/c1-4-20-13-6-7-16(21-5-2)12(9-13)8-11(3)14-10-15(14)17(18)19/h6-7,9,11,14-15H,4-5,8,10H2,1-3H3,(H,18,19). The molecule has 116 valence electrons. The van der Waals surface area contributed by atoms with Gasteiger partial charge in [0.2, 0.25) is 0 Å². The lowest BCUT2D eigenvalue weighted by atomic mass is 9.94. The number of carboxylic acid groups (broad SMARTS) is 1. The molecule has 0 saturated heterocycles. The number of aliphatic carboxylic acids is 1. The van der Waals surface area contributed by atoms with Crippen molar-refractivity contribution in [3.8, 4) is 11.5 Å². The third-order valence-electron chi connectivity index (χ3n) is 4.07. The Morgan fingerprint density at radius 3 is 2.62 bits per heavy atom. The fraction of sp³-hybridized carbons (Fsp3) is 0.588. The zero-order valence-electron chi connectivity index (χ0n) is 13.0. The Morgan fingerprint density at radius 1 is 1.33 bits per heavy atom. The number of hydrogen-bond acceptors (Lipinski definition) is 3. The van der Waals surface area contributed by atoms with Gasteiger partial charge in [-0.1, -0.05) is 6.92 Å². The first-order valence-electron chi connectivity index (χ1n) is 7.68. The lowest BCUT2D eigenvalue weighted by molar-refractivity contribution is -0.139. The van der Waals surface area contributed by atoms with Gasteiger partial charge in [0.25, 0.3) is 0 Å². The Labute approximate surface area is 126 Å². The van der Waals surface area contributed by atoms with Crippen LogP contribution in [0.4, 0.5) is 0 Å². The molecule has 1 aliphatic rings. The fourth-order valence-corrected chi connectivity index (χ4v) is 2.89. The van der Waals surface area contributed by atoms with E-state index >= 15 is 0 Å². The van der Waals surface area contributed by atoms with Crippen molar-refractivity contribution in [2.24, 2.45) is 17.8 Å². The molecule has 0 heterocycles. The third kappa shape index (κ3) is 3.90. The average molecular weight is 292 g/mol. The molecule has 1 N–H and O–H groups in total. The normalized spacial score (nSPS) is 21.7. The maximum atomic E-state index is 11.0. The van der Waals surface area contributed by atoms with E-state index in [0.29, 0.717) is 19.1 Å². The van der Waals surface area contributed by atoms with Crippen LogP contribution < -0.4 is 9.47 Å². The van der Waals surface area contributed by atoms with Crippen molar-refractivity contribution in [1.29, 1.82) is 0 Å². The Balaban J connectivity index is 2.09. The number of carboxylic acids is 1. The first-order chi connectivity index (χ1) is 10.1. The molecule has 0 radical (unpaired) electrons. The number of ether oxygens (including phenoxy) is 2. The van der Waals surface area contributed by atoms with Crippen molar-refractivity contribution >= 4 is 5.97 Å². The maximum Gasteiger partial charge on any atom is 0.306 e. The average Bonchev–Trinajstić information content (AvgIpc) is 3.22. The van der Waals surface area contributed by atoms with Crippen molar-refractivity contribution in [1.82, 2.24) is 0 Å². The zero-order chi connectivity index (χ0) is 15.4. The van der Waals surface area contributed by atoms with Gasteiger partial charge in [-0.15, -0.1) is 0 Å². The fourth-order valence-electron chi connectivity index (χ4n) is 2.89. The SMILES string of the molecule is CCOc1ccc(OCC)c(CC(C)C2CC2C(=O)O)c1. The predicted octanol–water partition coefficient (Wildman–Crippen LogP) is 3.38. The van der Waals surface area contributed by atoms with E-state index in [-0.39, 0.29) is 11.8 Å². The minimum Gasteiger partial charge on any atom is -0.494 e. The minimum atomic E-state index is -0.667. The van der Waals surface area contributed by atoms with Crippen molar-refractivity contribution in [3.05, 3.63) is 23.8 Å². The summed E-state index contributed by atoms with van der Waals surface area (Å²) >= 11 is 0. The second-order valence-electron chi connectivity index (χ2n) is 5.66. The summed E-state index contributed by atoms with van der Waals surface area (Å²) in [6.07, 6.45) is 1.62. The summed E-state index contributed by atoms with van der Waals surface area (Å²) in [7, 11) is 0. The molecule has 1 aromatic carbocycles. The summed E-state index contributed by atoms with van der Waals surface area (Å²) < 4.78 is 11.2. The van der Waals surface area contributed by atoms with E-state index in [4.69, 9.17) is 14.6 Å². The Kier molecular flexibility index (Phi) is 5.10. The van der Waals surface area contributed by atoms with Gasteiger partial charge in [0.05, 0.1) is 19.1 Å². The molecule has 0 spiro atoms. The largest absolute Gasteiger partial charge is 0.494 e. The smallest absolute Gasteiger partial charge is 0.306 e. The summed E-state index contributed by atoms with van der Waals surface area (Å²) in [5, 5.41) is 9.05. The molecule has 1 saturated carbocycles. The third-order valence-corrected chi connectivity index (χ3v) is 4.07. The highest BCUT2D eigenvalue weighted by Gasteiger charge is 2.46. The molecule has 2 rings (SSSR count). The van der Waals surface area contributed by atoms with Crippen LogP contribution in [-0.4, -0.2) is 24.3 Å². The monoisotopic (exact) mass is 292 g/mol. The Bertz CT molecular complexity index is 498. The summed E-state index contributed by atoms with van der Waals surface area (Å²) in [4.78, 5) is 11.0. The molecule has 0 aliphatic heterocycles. The van der Waals surface area contributed by atoms with Gasteiger partial charge in [-0.3, -0.25) is 4.79 Å². The predicted molar refractivity (Wildman–Crippen MR) is 80.9 cm³/mol. The minimum absolute atomic E-state index is 0.161. The van der Waals surface area contributed by atoms with Gasteiger partial charge in [0.15, 0.2) is 0 Å². The molecule has 3 atom stereocenters. The van der Waals surface area contributed by atoms with Crippen molar-refractivity contribution in [3.63, 3.8) is 0 Å². The molecule has 1 aliphatic carbocycles. The summed E-state index contributed by atoms with van der Waals surface area (Å²) in [6.45, 7) is 7.30. The molecular formula is C17H24O4. The maximum absolute atomic E-state index is 11.0. The van der Waals surface area contributed by atoms with Gasteiger partial charge in [0, 0.05) is 0 Å². The molecule has 1 aromatic rings. The quantitative estimate of drug-likeness (QED) is 0.798. The number of benzene rings is 1. The first-order valence-corrected chi connectivity index (χ1v) is 7.68. The number of hydrogen-bond donors (Lipinski definition) is 1. The topological polar surface area (TPSA) is 55.8 Å². The van der Waals surface area contributed by atoms with E-state index in [9.17, 15) is 4.79 Å². The van der Waals surface area contributed by atoms with E-state index < -0.39 is 5.97 Å². The number of carbonyl (C=O) groups is 1. The highest BCUT2D eigenvalue weighted by molar-refractivity contribution is 5.73. The van der Waals surface area contributed by atoms with Crippen molar-refractivity contribution < 1.29 is 19.4 Å². The van der Waals surface area contributed by atoms with Crippen LogP contribution in [0.1, 0.15) is 32.8 Å². The van der Waals surface area contributed by atoms with Crippen LogP contribution in [-0.2, 0) is 11.2 Å². The second-order valence-corrected chi connectivity index (χ2v) is 5.66. The second kappa shape index (κ2) is 6.83. The summed E-state index contributed by atoms with van der Waals surface area (Å²) in [5.74, 6) is 1.51. The zero-order valence-corrected chi connectivity index (χ0v) is 13.0.